The Morgan fingerprint density at radius 3 is 2.18 bits per heavy atom. The molecule has 180 valence electrons. The molecule has 0 unspecified atom stereocenters. The Morgan fingerprint density at radius 1 is 0.853 bits per heavy atom. The molecule has 2 aromatic rings. The molecule has 2 aliphatic heterocycles. The molecule has 1 saturated carbocycles. The third-order valence-corrected chi connectivity index (χ3v) is 7.97. The van der Waals surface area contributed by atoms with E-state index in [2.05, 4.69) is 45.0 Å². The second kappa shape index (κ2) is 10.2. The van der Waals surface area contributed by atoms with Crippen LogP contribution in [0.15, 0.2) is 54.6 Å². The van der Waals surface area contributed by atoms with Crippen molar-refractivity contribution >= 4 is 11.9 Å². The Balaban J connectivity index is 1.26. The number of urea groups is 1. The summed E-state index contributed by atoms with van der Waals surface area (Å²) >= 11 is 0. The van der Waals surface area contributed by atoms with E-state index in [0.29, 0.717) is 11.6 Å². The maximum atomic E-state index is 13.7. The predicted octanol–water partition coefficient (Wildman–Crippen LogP) is 4.56. The summed E-state index contributed by atoms with van der Waals surface area (Å²) in [5.41, 5.74) is 8.35. The van der Waals surface area contributed by atoms with E-state index in [1.807, 2.05) is 12.1 Å². The molecule has 3 aliphatic rings. The molecule has 0 spiro atoms. The number of rotatable bonds is 6. The molecule has 2 saturated heterocycles. The molecule has 5 rings (SSSR count). The summed E-state index contributed by atoms with van der Waals surface area (Å²) in [6.07, 6.45) is 8.06. The van der Waals surface area contributed by atoms with Gasteiger partial charge in [-0.05, 0) is 48.9 Å². The normalized spacial score (nSPS) is 22.9. The average molecular weight is 461 g/mol. The Bertz CT molecular complexity index is 979. The summed E-state index contributed by atoms with van der Waals surface area (Å²) in [5, 5.41) is 0. The first-order valence-electron chi connectivity index (χ1n) is 12.8. The van der Waals surface area contributed by atoms with Crippen LogP contribution in [0.1, 0.15) is 72.5 Å². The predicted molar refractivity (Wildman–Crippen MR) is 133 cm³/mol. The standard InChI is InChI=1S/C28H36N4O2/c29-27(33)23-13-11-21(12-14-23)19-30-17-15-25(16-18-30)32-26(22-7-3-1-4-8-22)20-31(28(32)34)24-9-5-2-6-10-24/h1,3-4,7-8,11-14,24-26H,2,5-6,9-10,15-20H2,(H2,29,33)/t26-/m0/s1. The molecule has 1 aliphatic carbocycles. The van der Waals surface area contributed by atoms with Crippen LogP contribution in [0.3, 0.4) is 0 Å². The fourth-order valence-corrected chi connectivity index (χ4v) is 6.07. The third kappa shape index (κ3) is 4.83. The van der Waals surface area contributed by atoms with Crippen LogP contribution in [-0.2, 0) is 6.54 Å². The Hall–Kier alpha value is -2.86. The van der Waals surface area contributed by atoms with Gasteiger partial charge in [0, 0.05) is 43.8 Å². The zero-order valence-corrected chi connectivity index (χ0v) is 19.9. The third-order valence-electron chi connectivity index (χ3n) is 7.97. The zero-order chi connectivity index (χ0) is 23.5. The molecule has 2 N–H and O–H groups in total. The second-order valence-electron chi connectivity index (χ2n) is 10.1. The number of carbonyl (C=O) groups excluding carboxylic acids is 2. The first-order chi connectivity index (χ1) is 16.6. The summed E-state index contributed by atoms with van der Waals surface area (Å²) in [7, 11) is 0. The molecule has 0 aromatic heterocycles. The van der Waals surface area contributed by atoms with Crippen molar-refractivity contribution in [2.75, 3.05) is 19.6 Å². The van der Waals surface area contributed by atoms with Gasteiger partial charge in [0.15, 0.2) is 0 Å². The maximum absolute atomic E-state index is 13.7. The fraction of sp³-hybridized carbons (Fsp3) is 0.500. The largest absolute Gasteiger partial charge is 0.366 e. The highest BCUT2D eigenvalue weighted by Crippen LogP contribution is 2.38. The van der Waals surface area contributed by atoms with E-state index in [0.717, 1.165) is 51.9 Å². The van der Waals surface area contributed by atoms with Crippen molar-refractivity contribution in [3.05, 3.63) is 71.3 Å². The van der Waals surface area contributed by atoms with E-state index in [1.165, 1.54) is 30.4 Å². The van der Waals surface area contributed by atoms with Crippen molar-refractivity contribution in [3.8, 4) is 0 Å². The summed E-state index contributed by atoms with van der Waals surface area (Å²) in [6, 6.07) is 19.3. The highest BCUT2D eigenvalue weighted by Gasteiger charge is 2.45. The van der Waals surface area contributed by atoms with Crippen molar-refractivity contribution in [1.29, 1.82) is 0 Å². The fourth-order valence-electron chi connectivity index (χ4n) is 6.07. The number of benzene rings is 2. The van der Waals surface area contributed by atoms with Crippen molar-refractivity contribution in [2.45, 2.75) is 69.6 Å². The van der Waals surface area contributed by atoms with Crippen LogP contribution in [0.4, 0.5) is 4.79 Å². The number of hydrogen-bond acceptors (Lipinski definition) is 3. The molecule has 1 atom stereocenters. The van der Waals surface area contributed by atoms with Gasteiger partial charge in [0.25, 0.3) is 0 Å². The Labute approximate surface area is 202 Å². The number of nitrogens with zero attached hydrogens (tertiary/aromatic N) is 3. The van der Waals surface area contributed by atoms with E-state index in [4.69, 9.17) is 5.73 Å². The minimum Gasteiger partial charge on any atom is -0.366 e. The number of hydrogen-bond donors (Lipinski definition) is 1. The summed E-state index contributed by atoms with van der Waals surface area (Å²) in [6.45, 7) is 3.61. The summed E-state index contributed by atoms with van der Waals surface area (Å²) in [4.78, 5) is 31.9. The highest BCUT2D eigenvalue weighted by atomic mass is 16.2. The number of nitrogens with two attached hydrogens (primary N) is 1. The summed E-state index contributed by atoms with van der Waals surface area (Å²) in [5.74, 6) is -0.391. The second-order valence-corrected chi connectivity index (χ2v) is 10.1. The molecule has 0 bridgehead atoms. The number of primary amides is 1. The van der Waals surface area contributed by atoms with E-state index in [-0.39, 0.29) is 18.1 Å². The molecule has 2 aromatic carbocycles. The van der Waals surface area contributed by atoms with Crippen LogP contribution in [0.5, 0.6) is 0 Å². The van der Waals surface area contributed by atoms with Crippen LogP contribution in [0, 0.1) is 0 Å². The van der Waals surface area contributed by atoms with Crippen LogP contribution in [-0.4, -0.2) is 58.4 Å². The van der Waals surface area contributed by atoms with Crippen molar-refractivity contribution in [3.63, 3.8) is 0 Å². The van der Waals surface area contributed by atoms with Gasteiger partial charge in [-0.3, -0.25) is 9.69 Å². The van der Waals surface area contributed by atoms with Gasteiger partial charge in [-0.2, -0.15) is 0 Å². The van der Waals surface area contributed by atoms with Crippen molar-refractivity contribution < 1.29 is 9.59 Å². The zero-order valence-electron chi connectivity index (χ0n) is 19.9. The topological polar surface area (TPSA) is 69.9 Å². The van der Waals surface area contributed by atoms with Gasteiger partial charge < -0.3 is 15.5 Å². The smallest absolute Gasteiger partial charge is 0.321 e. The van der Waals surface area contributed by atoms with Crippen molar-refractivity contribution in [1.82, 2.24) is 14.7 Å². The molecule has 6 heteroatoms. The molecule has 34 heavy (non-hydrogen) atoms. The lowest BCUT2D eigenvalue weighted by Gasteiger charge is -2.39. The molecular weight excluding hydrogens is 424 g/mol. The molecule has 3 fully saturated rings. The van der Waals surface area contributed by atoms with Crippen LogP contribution in [0.25, 0.3) is 0 Å². The molecule has 6 nitrogen and oxygen atoms in total. The van der Waals surface area contributed by atoms with E-state index in [1.54, 1.807) is 12.1 Å². The molecule has 3 amide bonds. The molecule has 2 heterocycles. The molecule has 0 radical (unpaired) electrons. The Morgan fingerprint density at radius 2 is 1.53 bits per heavy atom. The monoisotopic (exact) mass is 460 g/mol. The summed E-state index contributed by atoms with van der Waals surface area (Å²) < 4.78 is 0. The van der Waals surface area contributed by atoms with Gasteiger partial charge >= 0.3 is 6.03 Å². The first kappa shape index (κ1) is 22.9. The lowest BCUT2D eigenvalue weighted by Crippen LogP contribution is -2.48. The van der Waals surface area contributed by atoms with E-state index >= 15 is 0 Å². The Kier molecular flexibility index (Phi) is 6.86. The molecular formula is C28H36N4O2. The maximum Gasteiger partial charge on any atom is 0.321 e. The van der Waals surface area contributed by atoms with Gasteiger partial charge in [-0.25, -0.2) is 4.79 Å². The highest BCUT2D eigenvalue weighted by molar-refractivity contribution is 5.92. The number of carbonyl (C=O) groups is 2. The average Bonchev–Trinajstić information content (AvgIpc) is 3.23. The number of amides is 3. The quantitative estimate of drug-likeness (QED) is 0.687. The lowest BCUT2D eigenvalue weighted by atomic mass is 9.94. The van der Waals surface area contributed by atoms with Crippen LogP contribution >= 0.6 is 0 Å². The van der Waals surface area contributed by atoms with E-state index < -0.39 is 5.91 Å². The SMILES string of the molecule is NC(=O)c1ccc(CN2CCC(N3C(=O)N(C4CCCCC4)C[C@H]3c3ccccc3)CC2)cc1. The minimum atomic E-state index is -0.391. The van der Waals surface area contributed by atoms with Crippen LogP contribution < -0.4 is 5.73 Å². The minimum absolute atomic E-state index is 0.147. The van der Waals surface area contributed by atoms with Crippen LogP contribution in [0.2, 0.25) is 0 Å². The van der Waals surface area contributed by atoms with Gasteiger partial charge in [0.05, 0.1) is 6.04 Å². The van der Waals surface area contributed by atoms with Gasteiger partial charge in [0.2, 0.25) is 5.91 Å². The van der Waals surface area contributed by atoms with Gasteiger partial charge in [-0.15, -0.1) is 0 Å². The van der Waals surface area contributed by atoms with Crippen molar-refractivity contribution in [2.24, 2.45) is 5.73 Å². The van der Waals surface area contributed by atoms with E-state index in [9.17, 15) is 9.59 Å². The lowest BCUT2D eigenvalue weighted by molar-refractivity contribution is 0.0999. The van der Waals surface area contributed by atoms with Gasteiger partial charge in [-0.1, -0.05) is 61.7 Å². The number of likely N-dealkylation sites (tertiary alicyclic amines) is 1. The first-order valence-corrected chi connectivity index (χ1v) is 12.8. The van der Waals surface area contributed by atoms with Gasteiger partial charge in [0.1, 0.15) is 0 Å². The number of piperidine rings is 1.